The molecule has 0 aromatic heterocycles. The van der Waals surface area contributed by atoms with E-state index in [1.807, 2.05) is 36.4 Å². The topological polar surface area (TPSA) is 144 Å². The number of allylic oxidation sites excluding steroid dienone is 2. The Hall–Kier alpha value is -4.49. The number of non-ortho nitro benzene ring substituents is 1. The highest BCUT2D eigenvalue weighted by molar-refractivity contribution is 6.00. The van der Waals surface area contributed by atoms with Crippen LogP contribution < -0.4 is 10.6 Å². The van der Waals surface area contributed by atoms with Gasteiger partial charge in [-0.3, -0.25) is 10.1 Å². The Labute approximate surface area is 221 Å². The van der Waals surface area contributed by atoms with E-state index >= 15 is 0 Å². The highest BCUT2D eigenvalue weighted by atomic mass is 16.6. The van der Waals surface area contributed by atoms with Crippen molar-refractivity contribution in [3.05, 3.63) is 98.4 Å². The predicted molar refractivity (Wildman–Crippen MR) is 140 cm³/mol. The first-order valence-electron chi connectivity index (χ1n) is 12.1. The molecule has 2 N–H and O–H groups in total. The van der Waals surface area contributed by atoms with Crippen LogP contribution in [-0.4, -0.2) is 43.2 Å². The summed E-state index contributed by atoms with van der Waals surface area (Å²) in [7, 11) is 1.78. The second-order valence-electron chi connectivity index (χ2n) is 8.81. The van der Waals surface area contributed by atoms with Crippen molar-refractivity contribution in [1.29, 1.82) is 5.26 Å². The molecule has 2 unspecified atom stereocenters. The predicted octanol–water partition coefficient (Wildman–Crippen LogP) is 3.66. The lowest BCUT2D eigenvalue weighted by Crippen LogP contribution is -2.36. The van der Waals surface area contributed by atoms with Crippen molar-refractivity contribution in [2.24, 2.45) is 0 Å². The second kappa shape index (κ2) is 13.2. The number of esters is 2. The van der Waals surface area contributed by atoms with Gasteiger partial charge in [0.05, 0.1) is 34.5 Å². The van der Waals surface area contributed by atoms with Crippen LogP contribution in [0.15, 0.2) is 77.1 Å². The Balaban J connectivity index is 1.94. The summed E-state index contributed by atoms with van der Waals surface area (Å²) in [6.45, 7) is 3.28. The van der Waals surface area contributed by atoms with E-state index in [-0.39, 0.29) is 42.5 Å². The van der Waals surface area contributed by atoms with Crippen LogP contribution in [0.3, 0.4) is 0 Å². The van der Waals surface area contributed by atoms with Crippen molar-refractivity contribution in [3.8, 4) is 6.07 Å². The van der Waals surface area contributed by atoms with Crippen molar-refractivity contribution in [2.45, 2.75) is 38.6 Å². The molecule has 0 bridgehead atoms. The van der Waals surface area contributed by atoms with Crippen molar-refractivity contribution >= 4 is 17.6 Å². The molecule has 10 heteroatoms. The molecule has 0 fully saturated rings. The fourth-order valence-corrected chi connectivity index (χ4v) is 4.35. The lowest BCUT2D eigenvalue weighted by Gasteiger charge is -2.30. The summed E-state index contributed by atoms with van der Waals surface area (Å²) >= 11 is 0. The van der Waals surface area contributed by atoms with Crippen molar-refractivity contribution < 1.29 is 24.0 Å². The number of nitrogens with one attached hydrogen (secondary N) is 2. The molecular weight excluding hydrogens is 488 g/mol. The number of carbonyl (C=O) groups excluding carboxylic acids is 2. The van der Waals surface area contributed by atoms with Crippen LogP contribution >= 0.6 is 0 Å². The van der Waals surface area contributed by atoms with Gasteiger partial charge in [-0.1, -0.05) is 42.5 Å². The van der Waals surface area contributed by atoms with E-state index in [1.165, 1.54) is 18.2 Å². The Morgan fingerprint density at radius 1 is 1.08 bits per heavy atom. The molecule has 38 heavy (non-hydrogen) atoms. The molecule has 198 valence electrons. The van der Waals surface area contributed by atoms with Gasteiger partial charge < -0.3 is 20.1 Å². The Bertz CT molecular complexity index is 1300. The number of likely N-dealkylation sites (N-methyl/N-ethyl adjacent to an activating group) is 1. The fourth-order valence-electron chi connectivity index (χ4n) is 4.35. The van der Waals surface area contributed by atoms with Crippen LogP contribution in [0.2, 0.25) is 0 Å². The summed E-state index contributed by atoms with van der Waals surface area (Å²) in [6, 6.07) is 17.3. The number of benzene rings is 2. The highest BCUT2D eigenvalue weighted by Gasteiger charge is 2.38. The molecule has 2 aromatic carbocycles. The van der Waals surface area contributed by atoms with Gasteiger partial charge >= 0.3 is 11.9 Å². The normalized spacial score (nSPS) is 15.8. The van der Waals surface area contributed by atoms with Gasteiger partial charge in [0.1, 0.15) is 13.2 Å². The van der Waals surface area contributed by atoms with Crippen molar-refractivity contribution in [1.82, 2.24) is 10.6 Å². The van der Waals surface area contributed by atoms with Gasteiger partial charge in [-0.05, 0) is 38.4 Å². The van der Waals surface area contributed by atoms with E-state index in [1.54, 1.807) is 27.0 Å². The molecule has 2 aromatic rings. The molecule has 1 aliphatic heterocycles. The number of nitrogens with zero attached hydrogens (tertiary/aromatic N) is 2. The van der Waals surface area contributed by atoms with E-state index in [9.17, 15) is 19.7 Å². The van der Waals surface area contributed by atoms with E-state index in [4.69, 9.17) is 14.7 Å². The molecule has 1 aliphatic rings. The zero-order valence-electron chi connectivity index (χ0n) is 21.5. The van der Waals surface area contributed by atoms with E-state index in [0.29, 0.717) is 23.4 Å². The van der Waals surface area contributed by atoms with E-state index in [2.05, 4.69) is 10.6 Å². The molecule has 3 rings (SSSR count). The molecule has 1 heterocycles. The Morgan fingerprint density at radius 3 is 2.34 bits per heavy atom. The summed E-state index contributed by atoms with van der Waals surface area (Å²) in [5.74, 6) is -2.35. The smallest absolute Gasteiger partial charge is 0.336 e. The minimum Gasteiger partial charge on any atom is -0.461 e. The number of rotatable bonds is 11. The molecular formula is C28H30N4O6. The lowest BCUT2D eigenvalue weighted by molar-refractivity contribution is -0.384. The molecule has 0 radical (unpaired) electrons. The third kappa shape index (κ3) is 6.83. The first kappa shape index (κ1) is 28.1. The Kier molecular flexibility index (Phi) is 9.73. The SMILES string of the molecule is CNC(COC(=O)C1=C(C)NC(C)=C(C(=O)OCCC#N)C1c1cccc([N+](=O)[O-])c1)Cc1ccccc1. The number of nitro benzene ring substituents is 1. The van der Waals surface area contributed by atoms with Gasteiger partial charge in [-0.15, -0.1) is 0 Å². The fraction of sp³-hybridized carbons (Fsp3) is 0.321. The van der Waals surface area contributed by atoms with Gasteiger partial charge in [-0.25, -0.2) is 9.59 Å². The summed E-state index contributed by atoms with van der Waals surface area (Å²) in [5.41, 5.74) is 2.44. The van der Waals surface area contributed by atoms with Crippen LogP contribution in [0.25, 0.3) is 0 Å². The maximum atomic E-state index is 13.5. The first-order valence-corrected chi connectivity index (χ1v) is 12.1. The quantitative estimate of drug-likeness (QED) is 0.197. The number of hydrogen-bond acceptors (Lipinski definition) is 9. The molecule has 0 amide bonds. The van der Waals surface area contributed by atoms with Crippen molar-refractivity contribution in [3.63, 3.8) is 0 Å². The number of hydrogen-bond donors (Lipinski definition) is 2. The molecule has 10 nitrogen and oxygen atoms in total. The van der Waals surface area contributed by atoms with E-state index < -0.39 is 22.8 Å². The van der Waals surface area contributed by atoms with Crippen LogP contribution in [0, 0.1) is 21.4 Å². The lowest BCUT2D eigenvalue weighted by atomic mass is 9.80. The number of carbonyl (C=O) groups is 2. The van der Waals surface area contributed by atoms with Crippen LogP contribution in [0.1, 0.15) is 37.3 Å². The minimum atomic E-state index is -0.972. The van der Waals surface area contributed by atoms with Crippen molar-refractivity contribution in [2.75, 3.05) is 20.3 Å². The Morgan fingerprint density at radius 2 is 1.74 bits per heavy atom. The third-order valence-corrected chi connectivity index (χ3v) is 6.21. The van der Waals surface area contributed by atoms with Gasteiger partial charge in [-0.2, -0.15) is 5.26 Å². The number of dihydropyridines is 1. The maximum absolute atomic E-state index is 13.5. The highest BCUT2D eigenvalue weighted by Crippen LogP contribution is 2.40. The van der Waals surface area contributed by atoms with Gasteiger partial charge in [0.2, 0.25) is 0 Å². The van der Waals surface area contributed by atoms with Gasteiger partial charge in [0.25, 0.3) is 5.69 Å². The number of nitriles is 1. The van der Waals surface area contributed by atoms with Gasteiger partial charge in [0, 0.05) is 29.6 Å². The number of ether oxygens (including phenoxy) is 2. The van der Waals surface area contributed by atoms with Crippen LogP contribution in [0.5, 0.6) is 0 Å². The zero-order chi connectivity index (χ0) is 27.7. The standard InChI is InChI=1S/C28H30N4O6/c1-18-24(27(33)37-14-8-13-29)26(21-11-7-12-23(16-21)32(35)36)25(19(2)31-18)28(34)38-17-22(30-3)15-20-9-5-4-6-10-20/h4-7,9-12,16,22,26,30-31H,8,14-15,17H2,1-3H3. The molecule has 2 atom stereocenters. The average molecular weight is 519 g/mol. The monoisotopic (exact) mass is 518 g/mol. The largest absolute Gasteiger partial charge is 0.461 e. The molecule has 0 saturated heterocycles. The van der Waals surface area contributed by atoms with Gasteiger partial charge in [0.15, 0.2) is 0 Å². The maximum Gasteiger partial charge on any atom is 0.336 e. The van der Waals surface area contributed by atoms with Crippen LogP contribution in [0.4, 0.5) is 5.69 Å². The summed E-state index contributed by atoms with van der Waals surface area (Å²) in [6.07, 6.45) is 0.633. The average Bonchev–Trinajstić information content (AvgIpc) is 2.91. The molecule has 0 saturated carbocycles. The van der Waals surface area contributed by atoms with E-state index in [0.717, 1.165) is 5.56 Å². The second-order valence-corrected chi connectivity index (χ2v) is 8.81. The third-order valence-electron chi connectivity index (χ3n) is 6.21. The zero-order valence-corrected chi connectivity index (χ0v) is 21.5. The first-order chi connectivity index (χ1) is 18.3. The molecule has 0 spiro atoms. The van der Waals surface area contributed by atoms with Crippen LogP contribution in [-0.2, 0) is 25.5 Å². The summed E-state index contributed by atoms with van der Waals surface area (Å²) < 4.78 is 11.0. The molecule has 0 aliphatic carbocycles. The number of nitro groups is 1. The summed E-state index contributed by atoms with van der Waals surface area (Å²) in [5, 5.41) is 26.5. The minimum absolute atomic E-state index is 0.00353. The summed E-state index contributed by atoms with van der Waals surface area (Å²) in [4.78, 5) is 37.6.